The van der Waals surface area contributed by atoms with E-state index < -0.39 is 0 Å². The molecule has 0 spiro atoms. The van der Waals surface area contributed by atoms with Crippen molar-refractivity contribution in [2.45, 2.75) is 5.16 Å². The van der Waals surface area contributed by atoms with Gasteiger partial charge < -0.3 is 14.2 Å². The molecule has 1 aliphatic rings. The number of fused-ring (bicyclic) bond motifs is 1. The molecule has 1 aromatic carbocycles. The summed E-state index contributed by atoms with van der Waals surface area (Å²) in [5.41, 5.74) is 1.00. The molecule has 0 bridgehead atoms. The Bertz CT molecular complexity index is 1310. The van der Waals surface area contributed by atoms with Gasteiger partial charge in [-0.2, -0.15) is 5.10 Å². The molecule has 0 radical (unpaired) electrons. The maximum atomic E-state index is 14.0. The molecule has 164 valence electrons. The number of halogens is 1. The molecule has 0 atom stereocenters. The lowest BCUT2D eigenvalue weighted by Gasteiger charge is -2.36. The molecule has 1 N–H and O–H groups in total. The minimum Gasteiger partial charge on any atom is -0.463 e. The van der Waals surface area contributed by atoms with Gasteiger partial charge in [-0.05, 0) is 24.3 Å². The molecule has 1 saturated heterocycles. The highest BCUT2D eigenvalue weighted by molar-refractivity contribution is 7.99. The Morgan fingerprint density at radius 1 is 1.16 bits per heavy atom. The molecule has 1 fully saturated rings. The zero-order valence-corrected chi connectivity index (χ0v) is 17.7. The van der Waals surface area contributed by atoms with Gasteiger partial charge in [-0.15, -0.1) is 5.10 Å². The van der Waals surface area contributed by atoms with Gasteiger partial charge in [-0.1, -0.05) is 23.9 Å². The van der Waals surface area contributed by atoms with E-state index in [2.05, 4.69) is 15.3 Å². The molecular weight excluding hydrogens is 435 g/mol. The number of thioether (sulfide) groups is 1. The minimum absolute atomic E-state index is 0.0530. The van der Waals surface area contributed by atoms with Gasteiger partial charge >= 0.3 is 0 Å². The number of nitrogens with zero attached hydrogens (tertiary/aromatic N) is 5. The summed E-state index contributed by atoms with van der Waals surface area (Å²) in [5.74, 6) is 0.365. The molecule has 4 aromatic rings. The summed E-state index contributed by atoms with van der Waals surface area (Å²) < 4.78 is 20.8. The van der Waals surface area contributed by atoms with Gasteiger partial charge in [0.1, 0.15) is 17.0 Å². The van der Waals surface area contributed by atoms with Crippen molar-refractivity contribution >= 4 is 28.9 Å². The number of hydrogen-bond acceptors (Lipinski definition) is 7. The van der Waals surface area contributed by atoms with Crippen LogP contribution in [0.4, 0.5) is 10.1 Å². The summed E-state index contributed by atoms with van der Waals surface area (Å²) in [4.78, 5) is 28.6. The summed E-state index contributed by atoms with van der Waals surface area (Å²) in [6.07, 6.45) is 1.53. The van der Waals surface area contributed by atoms with Crippen LogP contribution in [0, 0.1) is 5.82 Å². The second-order valence-corrected chi connectivity index (χ2v) is 8.19. The number of amides is 1. The molecule has 11 heteroatoms. The third-order valence-corrected chi connectivity index (χ3v) is 6.21. The van der Waals surface area contributed by atoms with E-state index in [0.717, 1.165) is 0 Å². The molecule has 0 aliphatic carbocycles. The van der Waals surface area contributed by atoms with Crippen LogP contribution in [-0.4, -0.2) is 62.6 Å². The first-order valence-electron chi connectivity index (χ1n) is 10.0. The average molecular weight is 454 g/mol. The molecule has 1 aliphatic heterocycles. The number of anilines is 1. The molecule has 3 aromatic heterocycles. The number of carbonyl (C=O) groups excluding carboxylic acids is 1. The molecule has 9 nitrogen and oxygen atoms in total. The van der Waals surface area contributed by atoms with Crippen molar-refractivity contribution in [1.29, 1.82) is 0 Å². The normalized spacial score (nSPS) is 14.3. The van der Waals surface area contributed by atoms with Crippen molar-refractivity contribution in [1.82, 2.24) is 24.7 Å². The maximum Gasteiger partial charge on any atom is 0.290 e. The highest BCUT2D eigenvalue weighted by Gasteiger charge is 2.23. The fourth-order valence-corrected chi connectivity index (χ4v) is 4.46. The summed E-state index contributed by atoms with van der Waals surface area (Å²) in [6.45, 7) is 2.13. The third-order valence-electron chi connectivity index (χ3n) is 5.30. The van der Waals surface area contributed by atoms with E-state index in [1.165, 1.54) is 28.6 Å². The van der Waals surface area contributed by atoms with Gasteiger partial charge in [0.15, 0.2) is 5.76 Å². The van der Waals surface area contributed by atoms with Gasteiger partial charge in [0.05, 0.1) is 17.7 Å². The zero-order valence-electron chi connectivity index (χ0n) is 16.9. The monoisotopic (exact) mass is 454 g/mol. The van der Waals surface area contributed by atoms with Gasteiger partial charge in [-0.3, -0.25) is 9.59 Å². The fourth-order valence-electron chi connectivity index (χ4n) is 3.65. The van der Waals surface area contributed by atoms with Crippen LogP contribution in [0.25, 0.3) is 17.0 Å². The van der Waals surface area contributed by atoms with E-state index in [9.17, 15) is 14.0 Å². The van der Waals surface area contributed by atoms with Crippen LogP contribution in [0.3, 0.4) is 0 Å². The van der Waals surface area contributed by atoms with E-state index in [1.807, 2.05) is 4.90 Å². The molecule has 4 heterocycles. The predicted octanol–water partition coefficient (Wildman–Crippen LogP) is 2.26. The van der Waals surface area contributed by atoms with Gasteiger partial charge in [0, 0.05) is 32.2 Å². The second-order valence-electron chi connectivity index (χ2n) is 7.25. The maximum absolute atomic E-state index is 14.0. The predicted molar refractivity (Wildman–Crippen MR) is 117 cm³/mol. The van der Waals surface area contributed by atoms with Crippen LogP contribution in [0.5, 0.6) is 0 Å². The lowest BCUT2D eigenvalue weighted by atomic mass is 10.2. The first-order valence-corrected chi connectivity index (χ1v) is 11.0. The SMILES string of the molecule is O=C(CSc1n[nH]c(=O)c2cc(-c3ccco3)nn12)N1CCN(c2ccccc2F)CC1. The number of carbonyl (C=O) groups is 1. The lowest BCUT2D eigenvalue weighted by molar-refractivity contribution is -0.128. The van der Waals surface area contributed by atoms with Crippen molar-refractivity contribution in [2.24, 2.45) is 0 Å². The van der Waals surface area contributed by atoms with E-state index in [0.29, 0.717) is 54.0 Å². The molecule has 0 unspecified atom stereocenters. The van der Waals surface area contributed by atoms with Crippen molar-refractivity contribution in [3.8, 4) is 11.5 Å². The van der Waals surface area contributed by atoms with Crippen LogP contribution in [0.15, 0.2) is 63.1 Å². The van der Waals surface area contributed by atoms with Crippen LogP contribution < -0.4 is 10.5 Å². The quantitative estimate of drug-likeness (QED) is 0.462. The van der Waals surface area contributed by atoms with Crippen LogP contribution in [-0.2, 0) is 4.79 Å². The standard InChI is InChI=1S/C21H19FN6O3S/c22-14-4-1-2-5-16(14)26-7-9-27(10-8-26)19(29)13-32-21-24-23-20(30)17-12-15(25-28(17)21)18-6-3-11-31-18/h1-6,11-12H,7-10,13H2,(H,23,30). The Morgan fingerprint density at radius 3 is 2.72 bits per heavy atom. The number of aromatic amines is 1. The van der Waals surface area contributed by atoms with Crippen molar-refractivity contribution in [3.63, 3.8) is 0 Å². The molecule has 32 heavy (non-hydrogen) atoms. The fraction of sp³-hybridized carbons (Fsp3) is 0.238. The molecule has 5 rings (SSSR count). The van der Waals surface area contributed by atoms with E-state index >= 15 is 0 Å². The Morgan fingerprint density at radius 2 is 1.97 bits per heavy atom. The van der Waals surface area contributed by atoms with Crippen LogP contribution in [0.1, 0.15) is 0 Å². The number of piperazine rings is 1. The highest BCUT2D eigenvalue weighted by atomic mass is 32.2. The molecule has 0 saturated carbocycles. The van der Waals surface area contributed by atoms with Gasteiger partial charge in [0.2, 0.25) is 11.1 Å². The largest absolute Gasteiger partial charge is 0.463 e. The number of H-pyrrole nitrogens is 1. The van der Waals surface area contributed by atoms with Crippen LogP contribution in [0.2, 0.25) is 0 Å². The minimum atomic E-state index is -0.379. The van der Waals surface area contributed by atoms with E-state index in [1.54, 1.807) is 41.3 Å². The average Bonchev–Trinajstić information content (AvgIpc) is 3.50. The summed E-state index contributed by atoms with van der Waals surface area (Å²) in [6, 6.07) is 11.8. The third kappa shape index (κ3) is 3.86. The van der Waals surface area contributed by atoms with Crippen LogP contribution >= 0.6 is 11.8 Å². The second kappa shape index (κ2) is 8.50. The zero-order chi connectivity index (χ0) is 22.1. The van der Waals surface area contributed by atoms with Gasteiger partial charge in [0.25, 0.3) is 5.56 Å². The first kappa shape index (κ1) is 20.3. The summed E-state index contributed by atoms with van der Waals surface area (Å²) >= 11 is 1.19. The number of para-hydroxylation sites is 1. The number of benzene rings is 1. The number of rotatable bonds is 5. The Hall–Kier alpha value is -3.60. The molecular formula is C21H19FN6O3S. The van der Waals surface area contributed by atoms with Gasteiger partial charge in [-0.25, -0.2) is 14.0 Å². The molecule has 1 amide bonds. The summed E-state index contributed by atoms with van der Waals surface area (Å²) in [7, 11) is 0. The summed E-state index contributed by atoms with van der Waals surface area (Å²) in [5, 5.41) is 11.3. The lowest BCUT2D eigenvalue weighted by Crippen LogP contribution is -2.49. The Kier molecular flexibility index (Phi) is 5.39. The topological polar surface area (TPSA) is 99.7 Å². The Balaban J connectivity index is 1.25. The Labute approximate surface area is 185 Å². The van der Waals surface area contributed by atoms with E-state index in [4.69, 9.17) is 4.42 Å². The number of aromatic nitrogens is 4. The first-order chi connectivity index (χ1) is 15.6. The smallest absolute Gasteiger partial charge is 0.290 e. The highest BCUT2D eigenvalue weighted by Crippen LogP contribution is 2.23. The van der Waals surface area contributed by atoms with Crippen molar-refractivity contribution < 1.29 is 13.6 Å². The van der Waals surface area contributed by atoms with E-state index in [-0.39, 0.29) is 23.0 Å². The van der Waals surface area contributed by atoms with Crippen molar-refractivity contribution in [2.75, 3.05) is 36.8 Å². The number of furan rings is 1. The van der Waals surface area contributed by atoms with Crippen molar-refractivity contribution in [3.05, 3.63) is 64.9 Å². The number of hydrogen-bond donors (Lipinski definition) is 1. The number of nitrogens with one attached hydrogen (secondary N) is 1.